The van der Waals surface area contributed by atoms with Crippen LogP contribution in [0.4, 0.5) is 11.6 Å². The Kier molecular flexibility index (Phi) is 4.83. The zero-order valence-corrected chi connectivity index (χ0v) is 17.0. The van der Waals surface area contributed by atoms with Crippen molar-refractivity contribution < 1.29 is 4.79 Å². The Hall–Kier alpha value is -3.94. The van der Waals surface area contributed by atoms with Crippen LogP contribution in [0.2, 0.25) is 0 Å². The molecule has 0 aliphatic carbocycles. The van der Waals surface area contributed by atoms with Crippen molar-refractivity contribution in [1.29, 1.82) is 0 Å². The van der Waals surface area contributed by atoms with Crippen LogP contribution in [0.3, 0.4) is 0 Å². The van der Waals surface area contributed by atoms with Crippen molar-refractivity contribution >= 4 is 28.6 Å². The predicted molar refractivity (Wildman–Crippen MR) is 116 cm³/mol. The number of amides is 1. The number of nitrogens with zero attached hydrogens (tertiary/aromatic N) is 4. The highest BCUT2D eigenvalue weighted by atomic mass is 16.2. The zero-order chi connectivity index (χ0) is 21.4. The summed E-state index contributed by atoms with van der Waals surface area (Å²) in [4.78, 5) is 33.3. The maximum absolute atomic E-state index is 13.1. The van der Waals surface area contributed by atoms with Crippen molar-refractivity contribution in [3.63, 3.8) is 0 Å². The SMILES string of the molecule is Cc1cc(Nc2nccc(-n3c(=O)n(CC(N)=O)c4ccccc43)n2)cc(C)c1C. The third kappa shape index (κ3) is 3.43. The molecule has 0 aliphatic rings. The monoisotopic (exact) mass is 402 g/mol. The van der Waals surface area contributed by atoms with Gasteiger partial charge in [-0.15, -0.1) is 0 Å². The van der Waals surface area contributed by atoms with Crippen molar-refractivity contribution in [2.45, 2.75) is 27.3 Å². The van der Waals surface area contributed by atoms with Gasteiger partial charge in [0.1, 0.15) is 12.4 Å². The Morgan fingerprint density at radius 2 is 1.73 bits per heavy atom. The molecule has 8 nitrogen and oxygen atoms in total. The molecule has 0 fully saturated rings. The fourth-order valence-electron chi connectivity index (χ4n) is 3.51. The van der Waals surface area contributed by atoms with Crippen LogP contribution >= 0.6 is 0 Å². The number of benzene rings is 2. The normalized spacial score (nSPS) is 11.0. The molecule has 4 rings (SSSR count). The molecule has 0 saturated carbocycles. The molecule has 0 aliphatic heterocycles. The van der Waals surface area contributed by atoms with Gasteiger partial charge in [-0.2, -0.15) is 4.98 Å². The fourth-order valence-corrected chi connectivity index (χ4v) is 3.51. The van der Waals surface area contributed by atoms with Crippen LogP contribution in [0.5, 0.6) is 0 Å². The van der Waals surface area contributed by atoms with E-state index in [-0.39, 0.29) is 12.2 Å². The summed E-state index contributed by atoms with van der Waals surface area (Å²) in [5.74, 6) is 0.182. The minimum atomic E-state index is -0.588. The molecule has 0 unspecified atom stereocenters. The number of anilines is 2. The largest absolute Gasteiger partial charge is 0.368 e. The third-order valence-electron chi connectivity index (χ3n) is 5.20. The van der Waals surface area contributed by atoms with Gasteiger partial charge in [0.15, 0.2) is 0 Å². The maximum atomic E-state index is 13.1. The second-order valence-corrected chi connectivity index (χ2v) is 7.26. The molecule has 3 N–H and O–H groups in total. The van der Waals surface area contributed by atoms with Gasteiger partial charge in [-0.25, -0.2) is 14.3 Å². The number of hydrogen-bond donors (Lipinski definition) is 2. The van der Waals surface area contributed by atoms with Gasteiger partial charge in [-0.1, -0.05) is 12.1 Å². The van der Waals surface area contributed by atoms with E-state index >= 15 is 0 Å². The summed E-state index contributed by atoms with van der Waals surface area (Å²) < 4.78 is 2.80. The van der Waals surface area contributed by atoms with Gasteiger partial charge in [-0.05, 0) is 61.7 Å². The number of aryl methyl sites for hydroxylation is 2. The number of nitrogens with one attached hydrogen (secondary N) is 1. The lowest BCUT2D eigenvalue weighted by atomic mass is 10.0. The van der Waals surface area contributed by atoms with Gasteiger partial charge >= 0.3 is 5.69 Å². The van der Waals surface area contributed by atoms with Crippen molar-refractivity contribution in [1.82, 2.24) is 19.1 Å². The van der Waals surface area contributed by atoms with Gasteiger partial charge in [0.2, 0.25) is 11.9 Å². The molecule has 152 valence electrons. The second kappa shape index (κ2) is 7.47. The maximum Gasteiger partial charge on any atom is 0.335 e. The van der Waals surface area contributed by atoms with Crippen molar-refractivity contribution in [2.75, 3.05) is 5.32 Å². The highest BCUT2D eigenvalue weighted by molar-refractivity contribution is 5.81. The lowest BCUT2D eigenvalue weighted by Gasteiger charge is -2.11. The molecular weight excluding hydrogens is 380 g/mol. The smallest absolute Gasteiger partial charge is 0.335 e. The first-order valence-corrected chi connectivity index (χ1v) is 9.52. The lowest BCUT2D eigenvalue weighted by molar-refractivity contribution is -0.118. The standard InChI is InChI=1S/C22H22N6O2/c1-13-10-16(11-14(2)15(13)3)25-21-24-9-8-20(26-21)28-18-7-5-4-6-17(18)27(22(28)30)12-19(23)29/h4-11H,12H2,1-3H3,(H2,23,29)(H,24,25,26). The van der Waals surface area contributed by atoms with E-state index in [0.29, 0.717) is 22.8 Å². The number of rotatable bonds is 5. The van der Waals surface area contributed by atoms with Crippen LogP contribution in [-0.4, -0.2) is 25.0 Å². The molecule has 1 amide bonds. The average Bonchev–Trinajstić information content (AvgIpc) is 2.97. The molecule has 8 heteroatoms. The van der Waals surface area contributed by atoms with E-state index in [2.05, 4.69) is 36.1 Å². The number of hydrogen-bond acceptors (Lipinski definition) is 5. The van der Waals surface area contributed by atoms with E-state index in [1.807, 2.05) is 18.2 Å². The summed E-state index contributed by atoms with van der Waals surface area (Å²) in [7, 11) is 0. The first kappa shape index (κ1) is 19.4. The summed E-state index contributed by atoms with van der Waals surface area (Å²) in [5, 5.41) is 3.21. The first-order chi connectivity index (χ1) is 14.3. The van der Waals surface area contributed by atoms with Crippen LogP contribution in [-0.2, 0) is 11.3 Å². The zero-order valence-electron chi connectivity index (χ0n) is 17.0. The Labute approximate surface area is 173 Å². The number of para-hydroxylation sites is 2. The molecule has 0 atom stereocenters. The molecule has 0 spiro atoms. The van der Waals surface area contributed by atoms with Gasteiger partial charge in [-0.3, -0.25) is 9.36 Å². The number of carbonyl (C=O) groups excluding carboxylic acids is 1. The Bertz CT molecular complexity index is 1310. The van der Waals surface area contributed by atoms with Gasteiger partial charge in [0.25, 0.3) is 0 Å². The number of imidazole rings is 1. The molecule has 2 aromatic heterocycles. The summed E-state index contributed by atoms with van der Waals surface area (Å²) in [6.45, 7) is 5.99. The van der Waals surface area contributed by atoms with Crippen LogP contribution in [0.15, 0.2) is 53.5 Å². The molecule has 2 aromatic carbocycles. The number of carbonyl (C=O) groups is 1. The topological polar surface area (TPSA) is 108 Å². The predicted octanol–water partition coefficient (Wildman–Crippen LogP) is 2.74. The quantitative estimate of drug-likeness (QED) is 0.534. The number of aromatic nitrogens is 4. The number of nitrogens with two attached hydrogens (primary N) is 1. The summed E-state index contributed by atoms with van der Waals surface area (Å²) in [5.41, 5.74) is 10.6. The highest BCUT2D eigenvalue weighted by Gasteiger charge is 2.17. The van der Waals surface area contributed by atoms with E-state index in [4.69, 9.17) is 5.73 Å². The van der Waals surface area contributed by atoms with Crippen molar-refractivity contribution in [3.05, 3.63) is 75.8 Å². The first-order valence-electron chi connectivity index (χ1n) is 9.52. The van der Waals surface area contributed by atoms with Crippen LogP contribution in [0, 0.1) is 20.8 Å². The van der Waals surface area contributed by atoms with E-state index in [0.717, 1.165) is 5.69 Å². The lowest BCUT2D eigenvalue weighted by Crippen LogP contribution is -2.29. The number of primary amides is 1. The molecule has 2 heterocycles. The Balaban J connectivity index is 1.80. The van der Waals surface area contributed by atoms with Gasteiger partial charge in [0.05, 0.1) is 11.0 Å². The van der Waals surface area contributed by atoms with E-state index in [1.165, 1.54) is 25.8 Å². The van der Waals surface area contributed by atoms with Crippen molar-refractivity contribution in [2.24, 2.45) is 5.73 Å². The molecule has 0 bridgehead atoms. The van der Waals surface area contributed by atoms with E-state index < -0.39 is 5.91 Å². The molecule has 0 saturated heterocycles. The summed E-state index contributed by atoms with van der Waals surface area (Å²) >= 11 is 0. The molecule has 0 radical (unpaired) electrons. The summed E-state index contributed by atoms with van der Waals surface area (Å²) in [6, 6.07) is 12.9. The van der Waals surface area contributed by atoms with Gasteiger partial charge < -0.3 is 11.1 Å². The second-order valence-electron chi connectivity index (χ2n) is 7.26. The van der Waals surface area contributed by atoms with Crippen LogP contribution in [0.25, 0.3) is 16.9 Å². The minimum absolute atomic E-state index is 0.204. The molecule has 30 heavy (non-hydrogen) atoms. The van der Waals surface area contributed by atoms with Crippen molar-refractivity contribution in [3.8, 4) is 5.82 Å². The number of fused-ring (bicyclic) bond motifs is 1. The minimum Gasteiger partial charge on any atom is -0.368 e. The third-order valence-corrected chi connectivity index (χ3v) is 5.20. The average molecular weight is 402 g/mol. The van der Waals surface area contributed by atoms with Gasteiger partial charge in [0, 0.05) is 18.0 Å². The fraction of sp³-hybridized carbons (Fsp3) is 0.182. The molecular formula is C22H22N6O2. The Morgan fingerprint density at radius 3 is 2.40 bits per heavy atom. The Morgan fingerprint density at radius 1 is 1.07 bits per heavy atom. The summed E-state index contributed by atoms with van der Waals surface area (Å²) in [6.07, 6.45) is 1.59. The van der Waals surface area contributed by atoms with E-state index in [1.54, 1.807) is 30.5 Å². The van der Waals surface area contributed by atoms with Crippen LogP contribution in [0.1, 0.15) is 16.7 Å². The molecule has 4 aromatic rings. The highest BCUT2D eigenvalue weighted by Crippen LogP contribution is 2.22. The van der Waals surface area contributed by atoms with E-state index in [9.17, 15) is 9.59 Å². The van der Waals surface area contributed by atoms with Crippen LogP contribution < -0.4 is 16.7 Å².